The van der Waals surface area contributed by atoms with Crippen molar-refractivity contribution in [2.75, 3.05) is 25.0 Å². The molecule has 1 heterocycles. The lowest BCUT2D eigenvalue weighted by atomic mass is 9.74. The molecule has 1 N–H and O–H groups in total. The molecule has 3 heteroatoms. The van der Waals surface area contributed by atoms with Crippen LogP contribution in [0.15, 0.2) is 18.2 Å². The molecule has 1 aromatic rings. The van der Waals surface area contributed by atoms with Gasteiger partial charge in [-0.3, -0.25) is 0 Å². The highest BCUT2D eigenvalue weighted by Crippen LogP contribution is 2.39. The molecule has 1 aromatic carbocycles. The van der Waals surface area contributed by atoms with Crippen molar-refractivity contribution >= 4 is 5.69 Å². The lowest BCUT2D eigenvalue weighted by Gasteiger charge is -2.42. The van der Waals surface area contributed by atoms with Gasteiger partial charge in [-0.1, -0.05) is 32.8 Å². The summed E-state index contributed by atoms with van der Waals surface area (Å²) in [4.78, 5) is 2.21. The Morgan fingerprint density at radius 3 is 2.35 bits per heavy atom. The number of anilines is 1. The topological polar surface area (TPSA) is 15.3 Å². The summed E-state index contributed by atoms with van der Waals surface area (Å²) in [7, 11) is 1.88. The molecule has 1 aliphatic rings. The molecule has 0 bridgehead atoms. The van der Waals surface area contributed by atoms with Gasteiger partial charge in [-0.15, -0.1) is 0 Å². The molecule has 2 rings (SSSR count). The Morgan fingerprint density at radius 2 is 1.85 bits per heavy atom. The maximum absolute atomic E-state index is 14.2. The fraction of sp³-hybridized carbons (Fsp3) is 0.647. The zero-order valence-electron chi connectivity index (χ0n) is 13.0. The number of halogens is 1. The van der Waals surface area contributed by atoms with Crippen LogP contribution in [0.25, 0.3) is 0 Å². The second-order valence-corrected chi connectivity index (χ2v) is 6.01. The molecule has 112 valence electrons. The van der Waals surface area contributed by atoms with Crippen LogP contribution in [0.3, 0.4) is 0 Å². The summed E-state index contributed by atoms with van der Waals surface area (Å²) in [5, 5.41) is 3.06. The second-order valence-electron chi connectivity index (χ2n) is 6.01. The van der Waals surface area contributed by atoms with E-state index in [9.17, 15) is 4.39 Å². The summed E-state index contributed by atoms with van der Waals surface area (Å²) in [5.41, 5.74) is 2.26. The zero-order valence-corrected chi connectivity index (χ0v) is 13.0. The van der Waals surface area contributed by atoms with Crippen molar-refractivity contribution in [1.29, 1.82) is 0 Å². The minimum absolute atomic E-state index is 0.0850. The van der Waals surface area contributed by atoms with Crippen LogP contribution in [0.1, 0.15) is 45.1 Å². The van der Waals surface area contributed by atoms with E-state index in [0.29, 0.717) is 12.0 Å². The van der Waals surface area contributed by atoms with Gasteiger partial charge in [0.25, 0.3) is 0 Å². The number of nitrogens with one attached hydrogen (secondary N) is 1. The van der Waals surface area contributed by atoms with Crippen LogP contribution in [0, 0.1) is 11.2 Å². The Balaban J connectivity index is 2.07. The van der Waals surface area contributed by atoms with Gasteiger partial charge in [0.15, 0.2) is 0 Å². The lowest BCUT2D eigenvalue weighted by Crippen LogP contribution is -2.40. The van der Waals surface area contributed by atoms with Gasteiger partial charge in [0.05, 0.1) is 5.69 Å². The van der Waals surface area contributed by atoms with Gasteiger partial charge in [-0.2, -0.15) is 0 Å². The van der Waals surface area contributed by atoms with Crippen molar-refractivity contribution in [3.63, 3.8) is 0 Å². The Labute approximate surface area is 122 Å². The zero-order chi connectivity index (χ0) is 14.6. The van der Waals surface area contributed by atoms with E-state index in [1.165, 1.54) is 25.7 Å². The van der Waals surface area contributed by atoms with Gasteiger partial charge in [-0.25, -0.2) is 4.39 Å². The summed E-state index contributed by atoms with van der Waals surface area (Å²) < 4.78 is 14.2. The maximum atomic E-state index is 14.2. The first kappa shape index (κ1) is 15.3. The van der Waals surface area contributed by atoms with Crippen LogP contribution in [0.5, 0.6) is 0 Å². The third-order valence-electron chi connectivity index (χ3n) is 5.06. The number of hydrogen-bond acceptors (Lipinski definition) is 2. The highest BCUT2D eigenvalue weighted by molar-refractivity contribution is 5.49. The van der Waals surface area contributed by atoms with E-state index >= 15 is 0 Å². The average Bonchev–Trinajstić information content (AvgIpc) is 2.48. The summed E-state index contributed by atoms with van der Waals surface area (Å²) in [6.07, 6.45) is 4.83. The highest BCUT2D eigenvalue weighted by Gasteiger charge is 2.31. The number of hydrogen-bond donors (Lipinski definition) is 1. The van der Waals surface area contributed by atoms with Crippen molar-refractivity contribution in [3.05, 3.63) is 29.6 Å². The molecule has 1 saturated heterocycles. The Bertz CT molecular complexity index is 431. The molecule has 20 heavy (non-hydrogen) atoms. The van der Waals surface area contributed by atoms with E-state index in [4.69, 9.17) is 0 Å². The third kappa shape index (κ3) is 3.14. The Hall–Kier alpha value is -1.09. The Morgan fingerprint density at radius 1 is 1.20 bits per heavy atom. The molecule has 2 nitrogen and oxygen atoms in total. The molecule has 0 unspecified atom stereocenters. The third-order valence-corrected chi connectivity index (χ3v) is 5.06. The number of piperidine rings is 1. The smallest absolute Gasteiger partial charge is 0.146 e. The SMILES string of the molecule is CCC1(CC)CCN(c2ccc(CNC)cc2F)CC1. The monoisotopic (exact) mass is 278 g/mol. The molecule has 0 saturated carbocycles. The number of rotatable bonds is 5. The first-order valence-electron chi connectivity index (χ1n) is 7.82. The van der Waals surface area contributed by atoms with E-state index in [1.54, 1.807) is 6.07 Å². The van der Waals surface area contributed by atoms with Crippen LogP contribution in [0.2, 0.25) is 0 Å². The molecule has 0 radical (unpaired) electrons. The molecular formula is C17H27FN2. The summed E-state index contributed by atoms with van der Waals surface area (Å²) >= 11 is 0. The van der Waals surface area contributed by atoms with Gasteiger partial charge in [0.2, 0.25) is 0 Å². The molecule has 0 spiro atoms. The fourth-order valence-corrected chi connectivity index (χ4v) is 3.30. The first-order valence-corrected chi connectivity index (χ1v) is 7.82. The van der Waals surface area contributed by atoms with E-state index in [0.717, 1.165) is 24.3 Å². The standard InChI is InChI=1S/C17H27FN2/c1-4-17(5-2)8-10-20(11-9-17)16-7-6-14(13-19-3)12-15(16)18/h6-7,12,19H,4-5,8-11,13H2,1-3H3. The van der Waals surface area contributed by atoms with Crippen molar-refractivity contribution in [2.24, 2.45) is 5.41 Å². The van der Waals surface area contributed by atoms with Crippen LogP contribution in [0.4, 0.5) is 10.1 Å². The van der Waals surface area contributed by atoms with Crippen LogP contribution in [-0.2, 0) is 6.54 Å². The normalized spacial score (nSPS) is 18.3. The first-order chi connectivity index (χ1) is 9.64. The largest absolute Gasteiger partial charge is 0.369 e. The predicted octanol–water partition coefficient (Wildman–Crippen LogP) is 3.95. The van der Waals surface area contributed by atoms with Crippen molar-refractivity contribution in [3.8, 4) is 0 Å². The van der Waals surface area contributed by atoms with Gasteiger partial charge in [0.1, 0.15) is 5.82 Å². The van der Waals surface area contributed by atoms with Crippen LogP contribution >= 0.6 is 0 Å². The lowest BCUT2D eigenvalue weighted by molar-refractivity contribution is 0.199. The molecule has 0 aromatic heterocycles. The van der Waals surface area contributed by atoms with E-state index in [-0.39, 0.29) is 5.82 Å². The molecule has 1 aliphatic heterocycles. The van der Waals surface area contributed by atoms with Crippen molar-refractivity contribution in [1.82, 2.24) is 5.32 Å². The Kier molecular flexibility index (Phi) is 5.03. The summed E-state index contributed by atoms with van der Waals surface area (Å²) in [5.74, 6) is -0.0850. The second kappa shape index (κ2) is 6.57. The fourth-order valence-electron chi connectivity index (χ4n) is 3.30. The molecule has 0 atom stereocenters. The number of nitrogens with zero attached hydrogens (tertiary/aromatic N) is 1. The van der Waals surface area contributed by atoms with Gasteiger partial charge in [-0.05, 0) is 43.0 Å². The van der Waals surface area contributed by atoms with Crippen LogP contribution < -0.4 is 10.2 Å². The van der Waals surface area contributed by atoms with E-state index in [1.807, 2.05) is 19.2 Å². The quantitative estimate of drug-likeness (QED) is 0.877. The maximum Gasteiger partial charge on any atom is 0.146 e. The summed E-state index contributed by atoms with van der Waals surface area (Å²) in [6.45, 7) is 7.23. The minimum Gasteiger partial charge on any atom is -0.369 e. The molecular weight excluding hydrogens is 251 g/mol. The predicted molar refractivity (Wildman–Crippen MR) is 83.6 cm³/mol. The van der Waals surface area contributed by atoms with Crippen LogP contribution in [-0.4, -0.2) is 20.1 Å². The summed E-state index contributed by atoms with van der Waals surface area (Å²) in [6, 6.07) is 5.62. The highest BCUT2D eigenvalue weighted by atomic mass is 19.1. The van der Waals surface area contributed by atoms with E-state index in [2.05, 4.69) is 24.1 Å². The molecule has 1 fully saturated rings. The minimum atomic E-state index is -0.0850. The molecule has 0 amide bonds. The molecule has 0 aliphatic carbocycles. The average molecular weight is 278 g/mol. The number of benzene rings is 1. The van der Waals surface area contributed by atoms with Gasteiger partial charge < -0.3 is 10.2 Å². The van der Waals surface area contributed by atoms with Gasteiger partial charge in [0, 0.05) is 19.6 Å². The van der Waals surface area contributed by atoms with E-state index < -0.39 is 0 Å². The van der Waals surface area contributed by atoms with Crippen molar-refractivity contribution in [2.45, 2.75) is 46.1 Å². The van der Waals surface area contributed by atoms with Crippen molar-refractivity contribution < 1.29 is 4.39 Å². The van der Waals surface area contributed by atoms with Gasteiger partial charge >= 0.3 is 0 Å².